The van der Waals surface area contributed by atoms with E-state index in [1.54, 1.807) is 7.11 Å². The first-order chi connectivity index (χ1) is 13.1. The first-order valence-corrected chi connectivity index (χ1v) is 9.36. The Bertz CT molecular complexity index is 848. The molecule has 3 nitrogen and oxygen atoms in total. The van der Waals surface area contributed by atoms with Crippen molar-refractivity contribution < 1.29 is 9.13 Å². The molecular formula is C22H24ClFN2O. The van der Waals surface area contributed by atoms with Gasteiger partial charge in [0, 0.05) is 50.2 Å². The SMILES string of the molecule is COCCN(Cc1cccc(Cl)c1)Cc1cccn1Cc1ccc(F)cc1. The molecule has 5 heteroatoms. The maximum Gasteiger partial charge on any atom is 0.123 e. The number of halogens is 2. The van der Waals surface area contributed by atoms with Crippen LogP contribution in [0.2, 0.25) is 5.02 Å². The van der Waals surface area contributed by atoms with Gasteiger partial charge in [0.15, 0.2) is 0 Å². The van der Waals surface area contributed by atoms with Crippen molar-refractivity contribution in [1.82, 2.24) is 9.47 Å². The summed E-state index contributed by atoms with van der Waals surface area (Å²) in [6.07, 6.45) is 2.06. The molecule has 0 atom stereocenters. The molecule has 142 valence electrons. The number of aromatic nitrogens is 1. The molecule has 0 aliphatic carbocycles. The van der Waals surface area contributed by atoms with Crippen LogP contribution in [0.3, 0.4) is 0 Å². The van der Waals surface area contributed by atoms with E-state index in [1.165, 1.54) is 23.4 Å². The predicted octanol–water partition coefficient (Wildman–Crippen LogP) is 4.98. The van der Waals surface area contributed by atoms with Gasteiger partial charge in [-0.05, 0) is 47.5 Å². The summed E-state index contributed by atoms with van der Waals surface area (Å²) in [5, 5.41) is 0.749. The third-order valence-electron chi connectivity index (χ3n) is 4.48. The number of nitrogens with zero attached hydrogens (tertiary/aromatic N) is 2. The van der Waals surface area contributed by atoms with E-state index in [9.17, 15) is 4.39 Å². The molecule has 2 aromatic carbocycles. The Hall–Kier alpha value is -2.14. The minimum Gasteiger partial charge on any atom is -0.383 e. The number of ether oxygens (including phenoxy) is 1. The van der Waals surface area contributed by atoms with Crippen molar-refractivity contribution >= 4 is 11.6 Å². The second-order valence-corrected chi connectivity index (χ2v) is 7.02. The monoisotopic (exact) mass is 386 g/mol. The van der Waals surface area contributed by atoms with Crippen LogP contribution < -0.4 is 0 Å². The third kappa shape index (κ3) is 5.93. The molecule has 0 saturated heterocycles. The van der Waals surface area contributed by atoms with E-state index in [1.807, 2.05) is 36.4 Å². The largest absolute Gasteiger partial charge is 0.383 e. The molecule has 0 amide bonds. The van der Waals surface area contributed by atoms with Crippen LogP contribution in [0.25, 0.3) is 0 Å². The van der Waals surface area contributed by atoms with Gasteiger partial charge in [-0.2, -0.15) is 0 Å². The molecule has 3 aromatic rings. The van der Waals surface area contributed by atoms with Gasteiger partial charge in [0.25, 0.3) is 0 Å². The van der Waals surface area contributed by atoms with Gasteiger partial charge in [-0.1, -0.05) is 35.9 Å². The van der Waals surface area contributed by atoms with Crippen molar-refractivity contribution in [1.29, 1.82) is 0 Å². The molecule has 0 aliphatic heterocycles. The first kappa shape index (κ1) is 19.6. The summed E-state index contributed by atoms with van der Waals surface area (Å²) in [6.45, 7) is 3.80. The Morgan fingerprint density at radius 3 is 2.56 bits per heavy atom. The summed E-state index contributed by atoms with van der Waals surface area (Å²) in [6, 6.07) is 18.8. The van der Waals surface area contributed by atoms with Crippen molar-refractivity contribution in [3.8, 4) is 0 Å². The lowest BCUT2D eigenvalue weighted by molar-refractivity contribution is 0.138. The zero-order chi connectivity index (χ0) is 19.1. The highest BCUT2D eigenvalue weighted by Crippen LogP contribution is 2.16. The van der Waals surface area contributed by atoms with E-state index >= 15 is 0 Å². The van der Waals surface area contributed by atoms with E-state index in [0.29, 0.717) is 6.61 Å². The van der Waals surface area contributed by atoms with E-state index in [4.69, 9.17) is 16.3 Å². The molecule has 0 bridgehead atoms. The van der Waals surface area contributed by atoms with Crippen molar-refractivity contribution in [2.45, 2.75) is 19.6 Å². The normalized spacial score (nSPS) is 11.3. The van der Waals surface area contributed by atoms with Gasteiger partial charge < -0.3 is 9.30 Å². The maximum atomic E-state index is 13.1. The fraction of sp³-hybridized carbons (Fsp3) is 0.273. The van der Waals surface area contributed by atoms with Crippen molar-refractivity contribution in [3.05, 3.63) is 94.5 Å². The first-order valence-electron chi connectivity index (χ1n) is 8.98. The van der Waals surface area contributed by atoms with Gasteiger partial charge >= 0.3 is 0 Å². The lowest BCUT2D eigenvalue weighted by atomic mass is 10.2. The topological polar surface area (TPSA) is 17.4 Å². The molecule has 0 saturated carbocycles. The Morgan fingerprint density at radius 2 is 1.81 bits per heavy atom. The van der Waals surface area contributed by atoms with Gasteiger partial charge in [0.2, 0.25) is 0 Å². The number of hydrogen-bond donors (Lipinski definition) is 0. The Kier molecular flexibility index (Phi) is 7.04. The van der Waals surface area contributed by atoms with Gasteiger partial charge in [0.05, 0.1) is 6.61 Å². The summed E-state index contributed by atoms with van der Waals surface area (Å²) >= 11 is 6.13. The molecule has 0 N–H and O–H groups in total. The molecule has 0 unspecified atom stereocenters. The van der Waals surface area contributed by atoms with E-state index in [0.717, 1.165) is 36.8 Å². The van der Waals surface area contributed by atoms with Crippen LogP contribution in [-0.2, 0) is 24.4 Å². The van der Waals surface area contributed by atoms with Gasteiger partial charge in [0.1, 0.15) is 5.82 Å². The van der Waals surface area contributed by atoms with Crippen LogP contribution >= 0.6 is 11.6 Å². The Labute approximate surface area is 164 Å². The lowest BCUT2D eigenvalue weighted by Crippen LogP contribution is -2.27. The van der Waals surface area contributed by atoms with Gasteiger partial charge in [-0.3, -0.25) is 4.90 Å². The third-order valence-corrected chi connectivity index (χ3v) is 4.72. The molecule has 27 heavy (non-hydrogen) atoms. The molecule has 1 aromatic heterocycles. The zero-order valence-corrected chi connectivity index (χ0v) is 16.2. The smallest absolute Gasteiger partial charge is 0.123 e. The van der Waals surface area contributed by atoms with Crippen LogP contribution in [0.4, 0.5) is 4.39 Å². The van der Waals surface area contributed by atoms with Crippen molar-refractivity contribution in [2.75, 3.05) is 20.3 Å². The van der Waals surface area contributed by atoms with E-state index < -0.39 is 0 Å². The molecule has 0 radical (unpaired) electrons. The Balaban J connectivity index is 1.71. The van der Waals surface area contributed by atoms with Crippen LogP contribution in [0.1, 0.15) is 16.8 Å². The van der Waals surface area contributed by atoms with Crippen LogP contribution in [0.5, 0.6) is 0 Å². The van der Waals surface area contributed by atoms with Gasteiger partial charge in [-0.25, -0.2) is 4.39 Å². The van der Waals surface area contributed by atoms with Crippen molar-refractivity contribution in [2.24, 2.45) is 0 Å². The summed E-state index contributed by atoms with van der Waals surface area (Å²) in [5.74, 6) is -0.209. The summed E-state index contributed by atoms with van der Waals surface area (Å²) in [5.41, 5.74) is 3.46. The quantitative estimate of drug-likeness (QED) is 0.516. The molecule has 1 heterocycles. The average Bonchev–Trinajstić information content (AvgIpc) is 3.08. The zero-order valence-electron chi connectivity index (χ0n) is 15.4. The minimum absolute atomic E-state index is 0.209. The molecule has 0 spiro atoms. The summed E-state index contributed by atoms with van der Waals surface area (Å²) < 4.78 is 20.6. The standard InChI is InChI=1S/C22H24ClFN2O/c1-27-13-12-25(15-19-4-2-5-20(23)14-19)17-22-6-3-11-26(22)16-18-7-9-21(24)10-8-18/h2-11,14H,12-13,15-17H2,1H3. The fourth-order valence-corrected chi connectivity index (χ4v) is 3.30. The molecule has 0 aliphatic rings. The highest BCUT2D eigenvalue weighted by molar-refractivity contribution is 6.30. The highest BCUT2D eigenvalue weighted by Gasteiger charge is 2.11. The molecule has 3 rings (SSSR count). The number of benzene rings is 2. The Morgan fingerprint density at radius 1 is 1.00 bits per heavy atom. The second-order valence-electron chi connectivity index (χ2n) is 6.59. The maximum absolute atomic E-state index is 13.1. The van der Waals surface area contributed by atoms with E-state index in [2.05, 4.69) is 27.8 Å². The lowest BCUT2D eigenvalue weighted by Gasteiger charge is -2.23. The number of methoxy groups -OCH3 is 1. The minimum atomic E-state index is -0.209. The molecular weight excluding hydrogens is 363 g/mol. The number of hydrogen-bond acceptors (Lipinski definition) is 2. The van der Waals surface area contributed by atoms with Crippen LogP contribution in [0, 0.1) is 5.82 Å². The summed E-state index contributed by atoms with van der Waals surface area (Å²) in [7, 11) is 1.72. The van der Waals surface area contributed by atoms with E-state index in [-0.39, 0.29) is 5.82 Å². The van der Waals surface area contributed by atoms with Gasteiger partial charge in [-0.15, -0.1) is 0 Å². The average molecular weight is 387 g/mol. The predicted molar refractivity (Wildman–Crippen MR) is 107 cm³/mol. The highest BCUT2D eigenvalue weighted by atomic mass is 35.5. The second kappa shape index (κ2) is 9.70. The molecule has 0 fully saturated rings. The van der Waals surface area contributed by atoms with Crippen LogP contribution in [-0.4, -0.2) is 29.7 Å². The van der Waals surface area contributed by atoms with Crippen molar-refractivity contribution in [3.63, 3.8) is 0 Å². The number of rotatable bonds is 9. The van der Waals surface area contributed by atoms with Crippen LogP contribution in [0.15, 0.2) is 66.9 Å². The fourth-order valence-electron chi connectivity index (χ4n) is 3.09. The summed E-state index contributed by atoms with van der Waals surface area (Å²) in [4.78, 5) is 2.34.